The summed E-state index contributed by atoms with van der Waals surface area (Å²) < 4.78 is 30.4. The third-order valence-electron chi connectivity index (χ3n) is 3.22. The average Bonchev–Trinajstić information content (AvgIpc) is 2.97. The number of amides is 1. The summed E-state index contributed by atoms with van der Waals surface area (Å²) in [5, 5.41) is 8.57. The summed E-state index contributed by atoms with van der Waals surface area (Å²) in [6.45, 7) is 0.399. The lowest BCUT2D eigenvalue weighted by Crippen LogP contribution is -2.47. The highest BCUT2D eigenvalue weighted by Crippen LogP contribution is 2.23. The second-order valence-corrected chi connectivity index (χ2v) is 7.62. The first-order valence-corrected chi connectivity index (χ1v) is 9.13. The molecule has 0 saturated carbocycles. The van der Waals surface area contributed by atoms with Crippen LogP contribution in [0.15, 0.2) is 21.6 Å². The smallest absolute Gasteiger partial charge is 0.305 e. The molecule has 1 fully saturated rings. The normalized spacial score (nSPS) is 19.1. The van der Waals surface area contributed by atoms with Gasteiger partial charge in [0, 0.05) is 18.1 Å². The number of rotatable bonds is 5. The Labute approximate surface area is 131 Å². The molecule has 0 bridgehead atoms. The molecule has 10 heteroatoms. The van der Waals surface area contributed by atoms with Gasteiger partial charge in [-0.3, -0.25) is 9.59 Å². The fourth-order valence-electron chi connectivity index (χ4n) is 2.11. The summed E-state index contributed by atoms with van der Waals surface area (Å²) in [6, 6.07) is 2.05. The number of hydrogen-bond donors (Lipinski definition) is 2. The molecular formula is C12H16N2O6S2. The maximum absolute atomic E-state index is 12.4. The number of nitrogens with zero attached hydrogens (tertiary/aromatic N) is 1. The molecule has 1 aromatic heterocycles. The molecule has 1 aliphatic rings. The number of aliphatic carboxylic acids is 1. The molecule has 1 aromatic rings. The van der Waals surface area contributed by atoms with E-state index >= 15 is 0 Å². The quantitative estimate of drug-likeness (QED) is 0.781. The van der Waals surface area contributed by atoms with Crippen molar-refractivity contribution in [1.82, 2.24) is 9.62 Å². The Kier molecular flexibility index (Phi) is 5.14. The Morgan fingerprint density at radius 2 is 2.23 bits per heavy atom. The standard InChI is InChI=1S/C12H16N2O6S2/c1-13-22(18,19)11-3-2-9(20-11)12(17)14-4-5-21-7-8(14)6-10(15)16/h2-3,8,13H,4-7H2,1H3,(H,15,16). The van der Waals surface area contributed by atoms with E-state index in [1.54, 1.807) is 11.8 Å². The molecule has 0 radical (unpaired) electrons. The monoisotopic (exact) mass is 348 g/mol. The van der Waals surface area contributed by atoms with Crippen molar-refractivity contribution >= 4 is 33.7 Å². The number of nitrogens with one attached hydrogen (secondary N) is 1. The topological polar surface area (TPSA) is 117 Å². The van der Waals surface area contributed by atoms with Crippen LogP contribution in [-0.2, 0) is 14.8 Å². The van der Waals surface area contributed by atoms with Crippen LogP contribution >= 0.6 is 11.8 Å². The molecule has 2 N–H and O–H groups in total. The molecule has 8 nitrogen and oxygen atoms in total. The van der Waals surface area contributed by atoms with Gasteiger partial charge in [0.2, 0.25) is 5.09 Å². The molecule has 22 heavy (non-hydrogen) atoms. The fraction of sp³-hybridized carbons (Fsp3) is 0.500. The van der Waals surface area contributed by atoms with E-state index in [0.29, 0.717) is 18.1 Å². The van der Waals surface area contributed by atoms with Crippen molar-refractivity contribution < 1.29 is 27.5 Å². The van der Waals surface area contributed by atoms with Gasteiger partial charge in [0.15, 0.2) is 5.76 Å². The van der Waals surface area contributed by atoms with Crippen molar-refractivity contribution in [1.29, 1.82) is 0 Å². The Morgan fingerprint density at radius 1 is 1.50 bits per heavy atom. The van der Waals surface area contributed by atoms with Crippen molar-refractivity contribution in [3.05, 3.63) is 17.9 Å². The molecule has 1 unspecified atom stereocenters. The Balaban J connectivity index is 2.21. The van der Waals surface area contributed by atoms with Gasteiger partial charge in [-0.25, -0.2) is 13.1 Å². The summed E-state index contributed by atoms with van der Waals surface area (Å²) >= 11 is 1.58. The van der Waals surface area contributed by atoms with Gasteiger partial charge in [-0.15, -0.1) is 0 Å². The minimum Gasteiger partial charge on any atom is -0.481 e. The molecule has 2 rings (SSSR count). The van der Waals surface area contributed by atoms with Gasteiger partial charge in [-0.1, -0.05) is 0 Å². The van der Waals surface area contributed by atoms with Crippen LogP contribution in [0, 0.1) is 0 Å². The number of carbonyl (C=O) groups is 2. The van der Waals surface area contributed by atoms with Crippen LogP contribution in [-0.4, -0.2) is 61.4 Å². The summed E-state index contributed by atoms with van der Waals surface area (Å²) in [5.74, 6) is -0.367. The minimum atomic E-state index is -3.76. The number of thioether (sulfide) groups is 1. The molecule has 1 atom stereocenters. The first-order valence-electron chi connectivity index (χ1n) is 6.49. The van der Waals surface area contributed by atoms with Gasteiger partial charge in [-0.2, -0.15) is 11.8 Å². The second kappa shape index (κ2) is 6.71. The van der Waals surface area contributed by atoms with Crippen LogP contribution < -0.4 is 4.72 Å². The number of sulfonamides is 1. The fourth-order valence-corrected chi connectivity index (χ4v) is 3.82. The summed E-state index contributed by atoms with van der Waals surface area (Å²) in [5.41, 5.74) is 0. The van der Waals surface area contributed by atoms with E-state index in [1.807, 2.05) is 0 Å². The van der Waals surface area contributed by atoms with Crippen molar-refractivity contribution in [2.45, 2.75) is 17.6 Å². The summed E-state index contributed by atoms with van der Waals surface area (Å²) in [6.07, 6.45) is -0.152. The first-order chi connectivity index (χ1) is 10.3. The molecule has 0 spiro atoms. The molecule has 0 aromatic carbocycles. The maximum atomic E-state index is 12.4. The average molecular weight is 348 g/mol. The summed E-state index contributed by atoms with van der Waals surface area (Å²) in [4.78, 5) is 24.8. The van der Waals surface area contributed by atoms with E-state index in [0.717, 1.165) is 0 Å². The van der Waals surface area contributed by atoms with Gasteiger partial charge >= 0.3 is 5.97 Å². The SMILES string of the molecule is CNS(=O)(=O)c1ccc(C(=O)N2CCSCC2CC(=O)O)o1. The molecule has 0 aliphatic carbocycles. The van der Waals surface area contributed by atoms with Crippen LogP contribution in [0.25, 0.3) is 0 Å². The predicted molar refractivity (Wildman–Crippen MR) is 79.4 cm³/mol. The van der Waals surface area contributed by atoms with Crippen molar-refractivity contribution in [2.24, 2.45) is 0 Å². The van der Waals surface area contributed by atoms with Gasteiger partial charge in [0.1, 0.15) is 0 Å². The Bertz CT molecular complexity index is 669. The van der Waals surface area contributed by atoms with Gasteiger partial charge in [-0.05, 0) is 19.2 Å². The van der Waals surface area contributed by atoms with E-state index < -0.39 is 27.9 Å². The number of carboxylic acid groups (broad SMARTS) is 1. The molecule has 122 valence electrons. The van der Waals surface area contributed by atoms with Crippen LogP contribution in [0.5, 0.6) is 0 Å². The first kappa shape index (κ1) is 16.8. The van der Waals surface area contributed by atoms with Crippen LogP contribution in [0.1, 0.15) is 17.0 Å². The van der Waals surface area contributed by atoms with Crippen LogP contribution in [0.4, 0.5) is 0 Å². The lowest BCUT2D eigenvalue weighted by atomic mass is 10.2. The lowest BCUT2D eigenvalue weighted by Gasteiger charge is -2.33. The molecular weight excluding hydrogens is 332 g/mol. The van der Waals surface area contributed by atoms with E-state index in [1.165, 1.54) is 24.1 Å². The van der Waals surface area contributed by atoms with E-state index in [9.17, 15) is 18.0 Å². The Morgan fingerprint density at radius 3 is 2.86 bits per heavy atom. The number of furan rings is 1. The molecule has 1 aliphatic heterocycles. The van der Waals surface area contributed by atoms with Crippen molar-refractivity contribution in [2.75, 3.05) is 25.1 Å². The zero-order valence-corrected chi connectivity index (χ0v) is 13.4. The summed E-state index contributed by atoms with van der Waals surface area (Å²) in [7, 11) is -2.52. The lowest BCUT2D eigenvalue weighted by molar-refractivity contribution is -0.138. The third kappa shape index (κ3) is 3.62. The van der Waals surface area contributed by atoms with E-state index in [2.05, 4.69) is 4.72 Å². The van der Waals surface area contributed by atoms with E-state index in [-0.39, 0.29) is 17.3 Å². The van der Waals surface area contributed by atoms with Crippen LogP contribution in [0.2, 0.25) is 0 Å². The maximum Gasteiger partial charge on any atom is 0.305 e. The largest absolute Gasteiger partial charge is 0.481 e. The van der Waals surface area contributed by atoms with Gasteiger partial charge < -0.3 is 14.4 Å². The highest BCUT2D eigenvalue weighted by atomic mass is 32.2. The van der Waals surface area contributed by atoms with Gasteiger partial charge in [0.25, 0.3) is 15.9 Å². The Hall–Kier alpha value is -1.52. The van der Waals surface area contributed by atoms with Crippen molar-refractivity contribution in [3.8, 4) is 0 Å². The minimum absolute atomic E-state index is 0.115. The van der Waals surface area contributed by atoms with Crippen molar-refractivity contribution in [3.63, 3.8) is 0 Å². The number of carbonyl (C=O) groups excluding carboxylic acids is 1. The van der Waals surface area contributed by atoms with Crippen LogP contribution in [0.3, 0.4) is 0 Å². The van der Waals surface area contributed by atoms with Gasteiger partial charge in [0.05, 0.1) is 12.5 Å². The highest BCUT2D eigenvalue weighted by Gasteiger charge is 2.31. The molecule has 1 saturated heterocycles. The molecule has 2 heterocycles. The molecule has 1 amide bonds. The highest BCUT2D eigenvalue weighted by molar-refractivity contribution is 7.99. The number of hydrogen-bond acceptors (Lipinski definition) is 6. The second-order valence-electron chi connectivity index (χ2n) is 4.65. The zero-order valence-electron chi connectivity index (χ0n) is 11.8. The third-order valence-corrected chi connectivity index (χ3v) is 5.60. The zero-order chi connectivity index (χ0) is 16.3. The predicted octanol–water partition coefficient (Wildman–Crippen LogP) is 0.220. The number of carboxylic acids is 1. The van der Waals surface area contributed by atoms with E-state index in [4.69, 9.17) is 9.52 Å².